The normalized spacial score (nSPS) is 14.6. The van der Waals surface area contributed by atoms with Gasteiger partial charge in [0.25, 0.3) is 5.91 Å². The van der Waals surface area contributed by atoms with Gasteiger partial charge in [-0.05, 0) is 36.4 Å². The number of hydrogen-bond acceptors (Lipinski definition) is 4. The Morgan fingerprint density at radius 1 is 1.05 bits per heavy atom. The van der Waals surface area contributed by atoms with Crippen molar-refractivity contribution in [2.24, 2.45) is 0 Å². The number of hydrogen-bond donors (Lipinski definition) is 1. The van der Waals surface area contributed by atoms with Crippen molar-refractivity contribution in [3.05, 3.63) is 48.4 Å². The van der Waals surface area contributed by atoms with Crippen LogP contribution >= 0.6 is 0 Å². The third-order valence-corrected chi connectivity index (χ3v) is 3.18. The number of carbonyl (C=O) groups excluding carboxylic acids is 3. The lowest BCUT2D eigenvalue weighted by Gasteiger charge is -2.14. The van der Waals surface area contributed by atoms with Gasteiger partial charge in [-0.1, -0.05) is 0 Å². The molecule has 0 unspecified atom stereocenters. The van der Waals surface area contributed by atoms with E-state index in [2.05, 4.69) is 5.32 Å². The molecule has 0 spiro atoms. The zero-order valence-electron chi connectivity index (χ0n) is 11.0. The number of amides is 3. The van der Waals surface area contributed by atoms with Gasteiger partial charge in [0.15, 0.2) is 5.76 Å². The van der Waals surface area contributed by atoms with Crippen LogP contribution in [-0.2, 0) is 9.59 Å². The van der Waals surface area contributed by atoms with E-state index in [9.17, 15) is 14.4 Å². The molecule has 0 bridgehead atoms. The van der Waals surface area contributed by atoms with Crippen molar-refractivity contribution < 1.29 is 18.8 Å². The molecule has 0 aliphatic carbocycles. The molecule has 0 saturated carbocycles. The SMILES string of the molecule is O=C(Nc1ccc(N2C(=O)CCC2=O)cc1)c1ccco1. The largest absolute Gasteiger partial charge is 0.459 e. The maximum absolute atomic E-state index is 11.8. The lowest BCUT2D eigenvalue weighted by molar-refractivity contribution is -0.121. The van der Waals surface area contributed by atoms with Crippen LogP contribution in [0.3, 0.4) is 0 Å². The number of nitrogens with zero attached hydrogens (tertiary/aromatic N) is 1. The third kappa shape index (κ3) is 2.55. The molecule has 1 N–H and O–H groups in total. The molecule has 0 atom stereocenters. The topological polar surface area (TPSA) is 79.6 Å². The van der Waals surface area contributed by atoms with Crippen molar-refractivity contribution in [3.63, 3.8) is 0 Å². The summed E-state index contributed by atoms with van der Waals surface area (Å²) in [6.45, 7) is 0. The molecule has 1 aromatic heterocycles. The lowest BCUT2D eigenvalue weighted by Crippen LogP contribution is -2.28. The molecule has 1 saturated heterocycles. The van der Waals surface area contributed by atoms with Gasteiger partial charge in [-0.15, -0.1) is 0 Å². The highest BCUT2D eigenvalue weighted by Crippen LogP contribution is 2.24. The zero-order chi connectivity index (χ0) is 14.8. The van der Waals surface area contributed by atoms with Crippen LogP contribution in [-0.4, -0.2) is 17.7 Å². The maximum Gasteiger partial charge on any atom is 0.291 e. The molecule has 2 aromatic rings. The molecule has 0 radical (unpaired) electrons. The molecule has 3 amide bonds. The highest BCUT2D eigenvalue weighted by molar-refractivity contribution is 6.19. The molecule has 21 heavy (non-hydrogen) atoms. The molecule has 6 heteroatoms. The predicted octanol–water partition coefficient (Wildman–Crippen LogP) is 2.19. The van der Waals surface area contributed by atoms with Crippen molar-refractivity contribution in [1.82, 2.24) is 0 Å². The smallest absolute Gasteiger partial charge is 0.291 e. The minimum atomic E-state index is -0.360. The number of benzene rings is 1. The molecule has 3 rings (SSSR count). The number of anilines is 2. The molecule has 1 aliphatic heterocycles. The Labute approximate surface area is 120 Å². The fraction of sp³-hybridized carbons (Fsp3) is 0.133. The van der Waals surface area contributed by atoms with E-state index in [0.717, 1.165) is 4.90 Å². The van der Waals surface area contributed by atoms with Crippen LogP contribution in [0, 0.1) is 0 Å². The molecule has 1 fully saturated rings. The van der Waals surface area contributed by atoms with E-state index in [4.69, 9.17) is 4.42 Å². The number of nitrogens with one attached hydrogen (secondary N) is 1. The van der Waals surface area contributed by atoms with Crippen LogP contribution < -0.4 is 10.2 Å². The second kappa shape index (κ2) is 5.24. The van der Waals surface area contributed by atoms with E-state index in [0.29, 0.717) is 11.4 Å². The van der Waals surface area contributed by atoms with Gasteiger partial charge in [-0.3, -0.25) is 19.3 Å². The van der Waals surface area contributed by atoms with Gasteiger partial charge in [0.2, 0.25) is 11.8 Å². The highest BCUT2D eigenvalue weighted by Gasteiger charge is 2.30. The fourth-order valence-corrected chi connectivity index (χ4v) is 2.16. The number of furan rings is 1. The second-order valence-electron chi connectivity index (χ2n) is 4.60. The third-order valence-electron chi connectivity index (χ3n) is 3.18. The van der Waals surface area contributed by atoms with E-state index >= 15 is 0 Å². The first-order valence-corrected chi connectivity index (χ1v) is 6.46. The quantitative estimate of drug-likeness (QED) is 0.876. The van der Waals surface area contributed by atoms with E-state index in [-0.39, 0.29) is 36.3 Å². The second-order valence-corrected chi connectivity index (χ2v) is 4.60. The molecule has 2 heterocycles. The van der Waals surface area contributed by atoms with Gasteiger partial charge in [-0.25, -0.2) is 0 Å². The minimum Gasteiger partial charge on any atom is -0.459 e. The van der Waals surface area contributed by atoms with Crippen molar-refractivity contribution in [1.29, 1.82) is 0 Å². The van der Waals surface area contributed by atoms with Crippen LogP contribution in [0.2, 0.25) is 0 Å². The predicted molar refractivity (Wildman–Crippen MR) is 74.8 cm³/mol. The van der Waals surface area contributed by atoms with E-state index in [1.54, 1.807) is 36.4 Å². The van der Waals surface area contributed by atoms with E-state index < -0.39 is 0 Å². The van der Waals surface area contributed by atoms with Crippen LogP contribution in [0.25, 0.3) is 0 Å². The summed E-state index contributed by atoms with van der Waals surface area (Å²) < 4.78 is 4.99. The first kappa shape index (κ1) is 13.1. The van der Waals surface area contributed by atoms with Gasteiger partial charge in [0, 0.05) is 18.5 Å². The first-order valence-electron chi connectivity index (χ1n) is 6.46. The average Bonchev–Trinajstić information content (AvgIpc) is 3.11. The number of imide groups is 1. The molecule has 106 valence electrons. The Morgan fingerprint density at radius 3 is 2.29 bits per heavy atom. The average molecular weight is 284 g/mol. The standard InChI is InChI=1S/C15H12N2O4/c18-13-7-8-14(19)17(13)11-5-3-10(4-6-11)16-15(20)12-2-1-9-21-12/h1-6,9H,7-8H2,(H,16,20). The van der Waals surface area contributed by atoms with Crippen LogP contribution in [0.5, 0.6) is 0 Å². The molecular weight excluding hydrogens is 272 g/mol. The van der Waals surface area contributed by atoms with Crippen molar-refractivity contribution >= 4 is 29.1 Å². The van der Waals surface area contributed by atoms with Gasteiger partial charge in [-0.2, -0.15) is 0 Å². The molecule has 6 nitrogen and oxygen atoms in total. The summed E-state index contributed by atoms with van der Waals surface area (Å²) in [5.41, 5.74) is 1.07. The van der Waals surface area contributed by atoms with Gasteiger partial charge in [0.1, 0.15) is 0 Å². The van der Waals surface area contributed by atoms with Gasteiger partial charge < -0.3 is 9.73 Å². The highest BCUT2D eigenvalue weighted by atomic mass is 16.3. The summed E-state index contributed by atoms with van der Waals surface area (Å²) >= 11 is 0. The molecule has 1 aromatic carbocycles. The van der Waals surface area contributed by atoms with Crippen LogP contribution in [0.15, 0.2) is 47.1 Å². The Morgan fingerprint density at radius 2 is 1.71 bits per heavy atom. The van der Waals surface area contributed by atoms with Crippen LogP contribution in [0.1, 0.15) is 23.4 Å². The lowest BCUT2D eigenvalue weighted by atomic mass is 10.2. The Kier molecular flexibility index (Phi) is 3.27. The maximum atomic E-state index is 11.8. The van der Waals surface area contributed by atoms with Crippen LogP contribution in [0.4, 0.5) is 11.4 Å². The summed E-state index contributed by atoms with van der Waals surface area (Å²) in [6.07, 6.45) is 1.91. The summed E-state index contributed by atoms with van der Waals surface area (Å²) in [5.74, 6) is -0.551. The van der Waals surface area contributed by atoms with E-state index in [1.807, 2.05) is 0 Å². The Balaban J connectivity index is 1.74. The van der Waals surface area contributed by atoms with Crippen molar-refractivity contribution in [2.45, 2.75) is 12.8 Å². The van der Waals surface area contributed by atoms with Gasteiger partial charge in [0.05, 0.1) is 12.0 Å². The summed E-state index contributed by atoms with van der Waals surface area (Å²) in [7, 11) is 0. The Hall–Kier alpha value is -2.89. The number of carbonyl (C=O) groups is 3. The van der Waals surface area contributed by atoms with Crippen molar-refractivity contribution in [2.75, 3.05) is 10.2 Å². The molecular formula is C15H12N2O4. The molecule has 1 aliphatic rings. The fourth-order valence-electron chi connectivity index (χ4n) is 2.16. The Bertz CT molecular complexity index is 673. The van der Waals surface area contributed by atoms with E-state index in [1.165, 1.54) is 6.26 Å². The summed E-state index contributed by atoms with van der Waals surface area (Å²) in [6, 6.07) is 9.70. The van der Waals surface area contributed by atoms with Gasteiger partial charge >= 0.3 is 0 Å². The minimum absolute atomic E-state index is 0.202. The summed E-state index contributed by atoms with van der Waals surface area (Å²) in [4.78, 5) is 36.2. The number of rotatable bonds is 3. The summed E-state index contributed by atoms with van der Waals surface area (Å²) in [5, 5.41) is 2.66. The monoisotopic (exact) mass is 284 g/mol. The first-order chi connectivity index (χ1) is 10.1. The zero-order valence-corrected chi connectivity index (χ0v) is 11.0. The van der Waals surface area contributed by atoms with Crippen molar-refractivity contribution in [3.8, 4) is 0 Å².